The van der Waals surface area contributed by atoms with Gasteiger partial charge in [-0.2, -0.15) is 25.2 Å². The maximum Gasteiger partial charge on any atom is 0.233 e. The molecule has 0 bridgehead atoms. The van der Waals surface area contributed by atoms with E-state index in [1.54, 1.807) is 20.2 Å². The third kappa shape index (κ3) is 9.09. The number of anilines is 4. The lowest BCUT2D eigenvalue weighted by Crippen LogP contribution is -2.19. The molecular formula is C24H40N8O2. The van der Waals surface area contributed by atoms with Gasteiger partial charge in [-0.1, -0.05) is 34.1 Å². The van der Waals surface area contributed by atoms with Gasteiger partial charge in [-0.15, -0.1) is 0 Å². The summed E-state index contributed by atoms with van der Waals surface area (Å²) in [4.78, 5) is 13.7. The van der Waals surface area contributed by atoms with E-state index in [1.807, 2.05) is 12.1 Å². The van der Waals surface area contributed by atoms with E-state index in [2.05, 4.69) is 68.8 Å². The van der Waals surface area contributed by atoms with E-state index in [0.29, 0.717) is 47.4 Å². The minimum atomic E-state index is 0.0260. The molecule has 1 unspecified atom stereocenters. The summed E-state index contributed by atoms with van der Waals surface area (Å²) in [6.07, 6.45) is 3.79. The van der Waals surface area contributed by atoms with Crippen LogP contribution in [0.15, 0.2) is 28.4 Å². The standard InChI is InChI=1S/C24H40N8O2/c1-7-17(2)10-13-26-21-29-22(27-14-11-24(3,4)12-15-33)31-23(30-21)28-19-9-8-18(32-25-5)16-20(19)34-6/h8-9,16-17,33H,7,10-15H2,1-6H3,(H3,26,27,28,29,30,31). The van der Waals surface area contributed by atoms with E-state index in [0.717, 1.165) is 32.2 Å². The Morgan fingerprint density at radius 2 is 1.74 bits per heavy atom. The van der Waals surface area contributed by atoms with Crippen LogP contribution in [0, 0.1) is 11.3 Å². The molecule has 1 atom stereocenters. The van der Waals surface area contributed by atoms with Crippen LogP contribution in [0.1, 0.15) is 53.4 Å². The number of azo groups is 1. The van der Waals surface area contributed by atoms with Gasteiger partial charge in [-0.05, 0) is 42.7 Å². The van der Waals surface area contributed by atoms with Gasteiger partial charge >= 0.3 is 0 Å². The van der Waals surface area contributed by atoms with Crippen molar-refractivity contribution < 1.29 is 9.84 Å². The lowest BCUT2D eigenvalue weighted by atomic mass is 9.86. The SMILES string of the molecule is CCC(C)CCNc1nc(NCCC(C)(C)CCO)nc(Nc2ccc(N=NC)cc2OC)n1. The van der Waals surface area contributed by atoms with Crippen molar-refractivity contribution in [3.63, 3.8) is 0 Å². The first kappa shape index (κ1) is 27.2. The molecule has 2 aromatic rings. The number of ether oxygens (including phenoxy) is 1. The highest BCUT2D eigenvalue weighted by Crippen LogP contribution is 2.31. The molecule has 0 radical (unpaired) electrons. The van der Waals surface area contributed by atoms with Gasteiger partial charge in [0.1, 0.15) is 5.75 Å². The number of hydrogen-bond acceptors (Lipinski definition) is 10. The zero-order valence-electron chi connectivity index (χ0n) is 21.4. The molecule has 0 saturated heterocycles. The zero-order valence-corrected chi connectivity index (χ0v) is 21.4. The second kappa shape index (κ2) is 13.6. The molecule has 4 N–H and O–H groups in total. The molecule has 1 heterocycles. The number of aliphatic hydroxyl groups is 1. The molecule has 0 spiro atoms. The van der Waals surface area contributed by atoms with Crippen LogP contribution in [0.5, 0.6) is 5.75 Å². The Morgan fingerprint density at radius 1 is 1.06 bits per heavy atom. The molecule has 1 aromatic heterocycles. The molecule has 0 aliphatic carbocycles. The van der Waals surface area contributed by atoms with Crippen LogP contribution in [0.3, 0.4) is 0 Å². The van der Waals surface area contributed by atoms with E-state index in [4.69, 9.17) is 4.74 Å². The van der Waals surface area contributed by atoms with Crippen molar-refractivity contribution in [1.29, 1.82) is 0 Å². The van der Waals surface area contributed by atoms with Crippen LogP contribution < -0.4 is 20.7 Å². The summed E-state index contributed by atoms with van der Waals surface area (Å²) in [7, 11) is 3.22. The molecule has 0 aliphatic heterocycles. The Labute approximate surface area is 203 Å². The van der Waals surface area contributed by atoms with Crippen LogP contribution >= 0.6 is 0 Å². The van der Waals surface area contributed by atoms with E-state index < -0.39 is 0 Å². The molecule has 10 nitrogen and oxygen atoms in total. The first-order chi connectivity index (χ1) is 16.3. The van der Waals surface area contributed by atoms with Gasteiger partial charge in [0.25, 0.3) is 0 Å². The van der Waals surface area contributed by atoms with E-state index in [9.17, 15) is 5.11 Å². The lowest BCUT2D eigenvalue weighted by Gasteiger charge is -2.23. The number of hydrogen-bond donors (Lipinski definition) is 4. The average molecular weight is 473 g/mol. The predicted octanol–water partition coefficient (Wildman–Crippen LogP) is 5.40. The second-order valence-electron chi connectivity index (χ2n) is 9.16. The van der Waals surface area contributed by atoms with E-state index in [1.165, 1.54) is 0 Å². The zero-order chi connectivity index (χ0) is 25.0. The Balaban J connectivity index is 2.21. The second-order valence-corrected chi connectivity index (χ2v) is 9.16. The largest absolute Gasteiger partial charge is 0.494 e. The van der Waals surface area contributed by atoms with Gasteiger partial charge in [0.05, 0.1) is 18.5 Å². The summed E-state index contributed by atoms with van der Waals surface area (Å²) in [5.74, 6) is 2.63. The van der Waals surface area contributed by atoms with Gasteiger partial charge in [-0.25, -0.2) is 0 Å². The third-order valence-corrected chi connectivity index (χ3v) is 5.77. The molecule has 0 aliphatic rings. The molecule has 1 aromatic carbocycles. The highest BCUT2D eigenvalue weighted by atomic mass is 16.5. The van der Waals surface area contributed by atoms with Crippen molar-refractivity contribution in [2.75, 3.05) is 49.8 Å². The van der Waals surface area contributed by atoms with Gasteiger partial charge in [0.2, 0.25) is 17.8 Å². The smallest absolute Gasteiger partial charge is 0.233 e. The van der Waals surface area contributed by atoms with Crippen LogP contribution in [-0.2, 0) is 0 Å². The fourth-order valence-electron chi connectivity index (χ4n) is 3.25. The van der Waals surface area contributed by atoms with E-state index >= 15 is 0 Å². The fourth-order valence-corrected chi connectivity index (χ4v) is 3.25. The normalized spacial score (nSPS) is 12.6. The van der Waals surface area contributed by atoms with Gasteiger partial charge in [0.15, 0.2) is 0 Å². The molecule has 0 fully saturated rings. The van der Waals surface area contributed by atoms with Gasteiger partial charge in [0, 0.05) is 32.8 Å². The Hall–Kier alpha value is -3.01. The monoisotopic (exact) mass is 472 g/mol. The Morgan fingerprint density at radius 3 is 2.35 bits per heavy atom. The van der Waals surface area contributed by atoms with Crippen LogP contribution in [0.2, 0.25) is 0 Å². The number of nitrogens with zero attached hydrogens (tertiary/aromatic N) is 5. The molecule has 0 amide bonds. The minimum absolute atomic E-state index is 0.0260. The number of methoxy groups -OCH3 is 1. The van der Waals surface area contributed by atoms with Crippen LogP contribution in [0.25, 0.3) is 0 Å². The summed E-state index contributed by atoms with van der Waals surface area (Å²) in [6, 6.07) is 5.49. The fraction of sp³-hybridized carbons (Fsp3) is 0.625. The van der Waals surface area contributed by atoms with Crippen molar-refractivity contribution in [3.05, 3.63) is 18.2 Å². The number of benzene rings is 1. The number of aliphatic hydroxyl groups excluding tert-OH is 1. The molecule has 2 rings (SSSR count). The molecule has 0 saturated carbocycles. The molecular weight excluding hydrogens is 432 g/mol. The highest BCUT2D eigenvalue weighted by Gasteiger charge is 2.17. The topological polar surface area (TPSA) is 129 Å². The number of rotatable bonds is 15. The summed E-state index contributed by atoms with van der Waals surface area (Å²) in [5.41, 5.74) is 1.43. The maximum absolute atomic E-state index is 9.27. The van der Waals surface area contributed by atoms with E-state index in [-0.39, 0.29) is 12.0 Å². The summed E-state index contributed by atoms with van der Waals surface area (Å²) in [6.45, 7) is 10.3. The van der Waals surface area contributed by atoms with Crippen molar-refractivity contribution >= 4 is 29.2 Å². The van der Waals surface area contributed by atoms with Crippen molar-refractivity contribution in [2.45, 2.75) is 53.4 Å². The highest BCUT2D eigenvalue weighted by molar-refractivity contribution is 5.67. The van der Waals surface area contributed by atoms with Gasteiger partial charge in [-0.3, -0.25) is 0 Å². The molecule has 34 heavy (non-hydrogen) atoms. The van der Waals surface area contributed by atoms with Gasteiger partial charge < -0.3 is 25.8 Å². The predicted molar refractivity (Wildman–Crippen MR) is 138 cm³/mol. The summed E-state index contributed by atoms with van der Waals surface area (Å²) >= 11 is 0. The average Bonchev–Trinajstić information content (AvgIpc) is 2.79. The van der Waals surface area contributed by atoms with Crippen LogP contribution in [-0.4, -0.2) is 53.9 Å². The van der Waals surface area contributed by atoms with Crippen molar-refractivity contribution in [1.82, 2.24) is 15.0 Å². The number of nitrogens with one attached hydrogen (secondary N) is 3. The summed E-state index contributed by atoms with van der Waals surface area (Å²) < 4.78 is 5.51. The third-order valence-electron chi connectivity index (χ3n) is 5.77. The van der Waals surface area contributed by atoms with Crippen LogP contribution in [0.4, 0.5) is 29.2 Å². The molecule has 188 valence electrons. The minimum Gasteiger partial charge on any atom is -0.494 e. The number of aromatic nitrogens is 3. The maximum atomic E-state index is 9.27. The Kier molecular flexibility index (Phi) is 10.9. The quantitative estimate of drug-likeness (QED) is 0.254. The summed E-state index contributed by atoms with van der Waals surface area (Å²) in [5, 5.41) is 27.0. The Bertz CT molecular complexity index is 920. The first-order valence-electron chi connectivity index (χ1n) is 11.9. The first-order valence-corrected chi connectivity index (χ1v) is 11.9. The van der Waals surface area contributed by atoms with Crippen molar-refractivity contribution in [3.8, 4) is 5.75 Å². The molecule has 10 heteroatoms. The van der Waals surface area contributed by atoms with Crippen molar-refractivity contribution in [2.24, 2.45) is 21.6 Å². The lowest BCUT2D eigenvalue weighted by molar-refractivity contribution is 0.205.